The lowest BCUT2D eigenvalue weighted by Gasteiger charge is -2.16. The van der Waals surface area contributed by atoms with Crippen molar-refractivity contribution in [3.63, 3.8) is 0 Å². The van der Waals surface area contributed by atoms with Gasteiger partial charge in [-0.05, 0) is 24.6 Å². The number of aliphatic carboxylic acids is 1. The molecule has 0 fully saturated rings. The molecule has 0 aromatic heterocycles. The number of carboxylic acid groups (broad SMARTS) is 1. The molecular weight excluding hydrogens is 289 g/mol. The number of anilines is 1. The minimum Gasteiger partial charge on any atom is -0.480 e. The summed E-state index contributed by atoms with van der Waals surface area (Å²) in [7, 11) is 0. The van der Waals surface area contributed by atoms with E-state index in [0.717, 1.165) is 12.8 Å². The quantitative estimate of drug-likeness (QED) is 0.843. The normalized spacial score (nSPS) is 12.2. The minimum atomic E-state index is -0.960. The number of nitrogens with one attached hydrogen (secondary N) is 1. The van der Waals surface area contributed by atoms with Gasteiger partial charge in [0.25, 0.3) is 0 Å². The predicted octanol–water partition coefficient (Wildman–Crippen LogP) is 3.64. The number of carboxylic acids is 1. The maximum Gasteiger partial charge on any atom is 0.326 e. The van der Waals surface area contributed by atoms with Crippen molar-refractivity contribution >= 4 is 27.6 Å². The molecule has 5 heteroatoms. The molecule has 0 aliphatic carbocycles. The van der Waals surface area contributed by atoms with Gasteiger partial charge in [-0.1, -0.05) is 35.7 Å². The molecule has 1 atom stereocenters. The predicted molar refractivity (Wildman–Crippen MR) is 68.7 cm³/mol. The summed E-state index contributed by atoms with van der Waals surface area (Å²) in [4.78, 5) is 11.0. The lowest BCUT2D eigenvalue weighted by atomic mass is 10.1. The summed E-state index contributed by atoms with van der Waals surface area (Å²) in [5, 5.41) is 11.7. The highest BCUT2D eigenvalue weighted by molar-refractivity contribution is 9.10. The topological polar surface area (TPSA) is 49.3 Å². The Bertz CT molecular complexity index is 398. The third-order valence-electron chi connectivity index (χ3n) is 2.40. The van der Waals surface area contributed by atoms with E-state index >= 15 is 0 Å². The highest BCUT2D eigenvalue weighted by atomic mass is 79.9. The first-order valence-corrected chi connectivity index (χ1v) is 6.28. The van der Waals surface area contributed by atoms with Crippen molar-refractivity contribution in [1.29, 1.82) is 0 Å². The van der Waals surface area contributed by atoms with E-state index < -0.39 is 17.8 Å². The zero-order chi connectivity index (χ0) is 12.8. The van der Waals surface area contributed by atoms with Crippen molar-refractivity contribution in [2.24, 2.45) is 0 Å². The molecule has 0 saturated carbocycles. The van der Waals surface area contributed by atoms with Crippen LogP contribution in [0.4, 0.5) is 10.1 Å². The molecule has 0 saturated heterocycles. The van der Waals surface area contributed by atoms with Crippen LogP contribution in [0.1, 0.15) is 26.2 Å². The SMILES string of the molecule is CCCCC(Nc1cc(Br)ccc1F)C(=O)O. The Morgan fingerprint density at radius 1 is 1.59 bits per heavy atom. The average Bonchev–Trinajstić information content (AvgIpc) is 2.28. The molecule has 3 nitrogen and oxygen atoms in total. The average molecular weight is 304 g/mol. The van der Waals surface area contributed by atoms with Gasteiger partial charge < -0.3 is 10.4 Å². The number of unbranched alkanes of at least 4 members (excludes halogenated alkanes) is 1. The second kappa shape index (κ2) is 6.59. The molecule has 0 bridgehead atoms. The van der Waals surface area contributed by atoms with Crippen LogP contribution in [0.5, 0.6) is 0 Å². The minimum absolute atomic E-state index is 0.211. The Kier molecular flexibility index (Phi) is 5.41. The van der Waals surface area contributed by atoms with Gasteiger partial charge in [-0.2, -0.15) is 0 Å². The van der Waals surface area contributed by atoms with Crippen LogP contribution < -0.4 is 5.32 Å². The Morgan fingerprint density at radius 2 is 2.29 bits per heavy atom. The molecule has 0 aliphatic rings. The maximum absolute atomic E-state index is 13.4. The van der Waals surface area contributed by atoms with Gasteiger partial charge in [0.2, 0.25) is 0 Å². The number of halogens is 2. The van der Waals surface area contributed by atoms with Gasteiger partial charge in [0.1, 0.15) is 11.9 Å². The van der Waals surface area contributed by atoms with E-state index in [0.29, 0.717) is 10.9 Å². The molecule has 1 rings (SSSR count). The van der Waals surface area contributed by atoms with Crippen LogP contribution in [0.3, 0.4) is 0 Å². The molecule has 94 valence electrons. The summed E-state index contributed by atoms with van der Waals surface area (Å²) >= 11 is 3.22. The van der Waals surface area contributed by atoms with Crippen molar-refractivity contribution in [3.8, 4) is 0 Å². The molecule has 0 amide bonds. The van der Waals surface area contributed by atoms with Crippen molar-refractivity contribution < 1.29 is 14.3 Å². The molecule has 0 radical (unpaired) electrons. The van der Waals surface area contributed by atoms with Crippen LogP contribution in [-0.4, -0.2) is 17.1 Å². The molecule has 2 N–H and O–H groups in total. The first-order chi connectivity index (χ1) is 8.04. The second-order valence-corrected chi connectivity index (χ2v) is 4.72. The van der Waals surface area contributed by atoms with Gasteiger partial charge in [0.15, 0.2) is 0 Å². The Labute approximate surface area is 108 Å². The van der Waals surface area contributed by atoms with E-state index in [1.807, 2.05) is 6.92 Å². The van der Waals surface area contributed by atoms with E-state index in [4.69, 9.17) is 5.11 Å². The van der Waals surface area contributed by atoms with E-state index in [1.165, 1.54) is 12.1 Å². The Morgan fingerprint density at radius 3 is 2.88 bits per heavy atom. The van der Waals surface area contributed by atoms with Crippen molar-refractivity contribution in [3.05, 3.63) is 28.5 Å². The van der Waals surface area contributed by atoms with Crippen LogP contribution in [-0.2, 0) is 4.79 Å². The standard InChI is InChI=1S/C12H15BrFNO2/c1-2-3-4-10(12(16)17)15-11-7-8(13)5-6-9(11)14/h5-7,10,15H,2-4H2,1H3,(H,16,17). The van der Waals surface area contributed by atoms with Crippen LogP contribution in [0, 0.1) is 5.82 Å². The third-order valence-corrected chi connectivity index (χ3v) is 2.90. The summed E-state index contributed by atoms with van der Waals surface area (Å²) in [5.41, 5.74) is 0.211. The number of hydrogen-bond acceptors (Lipinski definition) is 2. The fourth-order valence-corrected chi connectivity index (χ4v) is 1.82. The summed E-state index contributed by atoms with van der Waals surface area (Å²) in [6, 6.07) is 3.66. The summed E-state index contributed by atoms with van der Waals surface area (Å²) < 4.78 is 14.1. The van der Waals surface area contributed by atoms with Crippen molar-refractivity contribution in [2.75, 3.05) is 5.32 Å². The van der Waals surface area contributed by atoms with Crippen molar-refractivity contribution in [2.45, 2.75) is 32.2 Å². The Hall–Kier alpha value is -1.10. The monoisotopic (exact) mass is 303 g/mol. The molecule has 1 aromatic rings. The van der Waals surface area contributed by atoms with Crippen LogP contribution in [0.2, 0.25) is 0 Å². The number of carbonyl (C=O) groups is 1. The fraction of sp³-hybridized carbons (Fsp3) is 0.417. The Balaban J connectivity index is 2.78. The molecule has 17 heavy (non-hydrogen) atoms. The molecule has 1 aromatic carbocycles. The largest absolute Gasteiger partial charge is 0.480 e. The fourth-order valence-electron chi connectivity index (χ4n) is 1.46. The summed E-state index contributed by atoms with van der Waals surface area (Å²) in [6.45, 7) is 1.98. The number of hydrogen-bond donors (Lipinski definition) is 2. The van der Waals surface area contributed by atoms with E-state index in [1.54, 1.807) is 6.07 Å². The molecule has 0 aliphatic heterocycles. The third kappa shape index (κ3) is 4.34. The lowest BCUT2D eigenvalue weighted by Crippen LogP contribution is -2.29. The van der Waals surface area contributed by atoms with Crippen LogP contribution in [0.15, 0.2) is 22.7 Å². The van der Waals surface area contributed by atoms with Gasteiger partial charge in [-0.25, -0.2) is 9.18 Å². The molecule has 1 unspecified atom stereocenters. The molecule has 0 spiro atoms. The zero-order valence-corrected chi connectivity index (χ0v) is 11.1. The van der Waals surface area contributed by atoms with Gasteiger partial charge in [-0.15, -0.1) is 0 Å². The van der Waals surface area contributed by atoms with Crippen LogP contribution >= 0.6 is 15.9 Å². The van der Waals surface area contributed by atoms with Gasteiger partial charge in [-0.3, -0.25) is 0 Å². The van der Waals surface area contributed by atoms with E-state index in [2.05, 4.69) is 21.2 Å². The summed E-state index contributed by atoms with van der Waals surface area (Å²) in [6.07, 6.45) is 2.18. The maximum atomic E-state index is 13.4. The highest BCUT2D eigenvalue weighted by Crippen LogP contribution is 2.21. The van der Waals surface area contributed by atoms with Gasteiger partial charge >= 0.3 is 5.97 Å². The van der Waals surface area contributed by atoms with Crippen molar-refractivity contribution in [1.82, 2.24) is 0 Å². The van der Waals surface area contributed by atoms with E-state index in [-0.39, 0.29) is 5.69 Å². The molecular formula is C12H15BrFNO2. The second-order valence-electron chi connectivity index (χ2n) is 3.80. The van der Waals surface area contributed by atoms with E-state index in [9.17, 15) is 9.18 Å². The van der Waals surface area contributed by atoms with Gasteiger partial charge in [0.05, 0.1) is 5.69 Å². The smallest absolute Gasteiger partial charge is 0.326 e. The summed E-state index contributed by atoms with van der Waals surface area (Å²) in [5.74, 6) is -1.41. The zero-order valence-electron chi connectivity index (χ0n) is 9.54. The first-order valence-electron chi connectivity index (χ1n) is 5.49. The number of benzene rings is 1. The van der Waals surface area contributed by atoms with Crippen LogP contribution in [0.25, 0.3) is 0 Å². The lowest BCUT2D eigenvalue weighted by molar-refractivity contribution is -0.138. The van der Waals surface area contributed by atoms with Gasteiger partial charge in [0, 0.05) is 4.47 Å². The first kappa shape index (κ1) is 14.0. The number of rotatable bonds is 6. The molecule has 0 heterocycles. The highest BCUT2D eigenvalue weighted by Gasteiger charge is 2.17.